The number of hydrogen-bond donors (Lipinski definition) is 0. The van der Waals surface area contributed by atoms with Crippen LogP contribution in [-0.4, -0.2) is 28.5 Å². The van der Waals surface area contributed by atoms with Gasteiger partial charge in [-0.15, -0.1) is 0 Å². The van der Waals surface area contributed by atoms with Gasteiger partial charge >= 0.3 is 0 Å². The van der Waals surface area contributed by atoms with Gasteiger partial charge in [-0.1, -0.05) is 0 Å². The van der Waals surface area contributed by atoms with Crippen LogP contribution >= 0.6 is 0 Å². The topological polar surface area (TPSA) is 62.2 Å². The lowest BCUT2D eigenvalue weighted by Gasteiger charge is -2.14. The zero-order valence-electron chi connectivity index (χ0n) is 11.3. The van der Waals surface area contributed by atoms with Crippen molar-refractivity contribution in [3.63, 3.8) is 0 Å². The minimum Gasteiger partial charge on any atom is -0.443 e. The molecule has 2 aromatic rings. The van der Waals surface area contributed by atoms with Gasteiger partial charge in [-0.3, -0.25) is 9.36 Å². The van der Waals surface area contributed by atoms with Gasteiger partial charge in [0.25, 0.3) is 5.91 Å². The lowest BCUT2D eigenvalue weighted by molar-refractivity contribution is 0.0791. The van der Waals surface area contributed by atoms with Crippen LogP contribution in [0.4, 0.5) is 0 Å². The van der Waals surface area contributed by atoms with Crippen molar-refractivity contribution >= 4 is 5.91 Å². The fraction of sp³-hybridized carbons (Fsp3) is 0.333. The third-order valence-corrected chi connectivity index (χ3v) is 3.62. The van der Waals surface area contributed by atoms with Crippen molar-refractivity contribution in [3.8, 4) is 12.0 Å². The van der Waals surface area contributed by atoms with Crippen molar-refractivity contribution in [2.24, 2.45) is 0 Å². The average Bonchev–Trinajstić information content (AvgIpc) is 3.18. The smallest absolute Gasteiger partial charge is 0.258 e. The predicted molar refractivity (Wildman–Crippen MR) is 72.6 cm³/mol. The quantitative estimate of drug-likeness (QED) is 0.841. The number of carbonyl (C=O) groups excluding carboxylic acids is 1. The van der Waals surface area contributed by atoms with E-state index in [0.717, 1.165) is 25.9 Å². The van der Waals surface area contributed by atoms with Crippen molar-refractivity contribution in [1.29, 1.82) is 5.26 Å². The normalized spacial score (nSPS) is 14.5. The summed E-state index contributed by atoms with van der Waals surface area (Å²) in [5.41, 5.74) is 0.716. The lowest BCUT2D eigenvalue weighted by atomic mass is 10.1. The van der Waals surface area contributed by atoms with Crippen molar-refractivity contribution in [2.75, 3.05) is 13.1 Å². The molecule has 1 saturated heterocycles. The molecule has 20 heavy (non-hydrogen) atoms. The molecule has 0 aromatic carbocycles. The molecular formula is C15H15N3O2. The molecule has 0 atom stereocenters. The Labute approximate surface area is 117 Å². The van der Waals surface area contributed by atoms with Crippen LogP contribution in [0.25, 0.3) is 5.88 Å². The SMILES string of the molecule is Cc1oc(-n2cccc2)c(C#N)c1C(=O)N1CCCC1. The van der Waals surface area contributed by atoms with Gasteiger partial charge in [0, 0.05) is 25.5 Å². The van der Waals surface area contributed by atoms with Crippen LogP contribution in [0.3, 0.4) is 0 Å². The Balaban J connectivity index is 2.07. The summed E-state index contributed by atoms with van der Waals surface area (Å²) in [6.45, 7) is 3.25. The summed E-state index contributed by atoms with van der Waals surface area (Å²) in [7, 11) is 0. The summed E-state index contributed by atoms with van der Waals surface area (Å²) in [6.07, 6.45) is 5.64. The van der Waals surface area contributed by atoms with E-state index in [-0.39, 0.29) is 5.91 Å². The fourth-order valence-electron chi connectivity index (χ4n) is 2.62. The second kappa shape index (κ2) is 4.89. The molecule has 0 radical (unpaired) electrons. The number of aryl methyl sites for hydroxylation is 1. The summed E-state index contributed by atoms with van der Waals surface area (Å²) < 4.78 is 7.37. The van der Waals surface area contributed by atoms with E-state index in [1.807, 2.05) is 12.1 Å². The van der Waals surface area contributed by atoms with E-state index in [9.17, 15) is 10.1 Å². The third-order valence-electron chi connectivity index (χ3n) is 3.62. The largest absolute Gasteiger partial charge is 0.443 e. The predicted octanol–water partition coefficient (Wildman–Crippen LogP) is 2.49. The molecule has 5 heteroatoms. The molecule has 1 amide bonds. The molecule has 102 valence electrons. The molecule has 1 fully saturated rings. The number of furan rings is 1. The fourth-order valence-corrected chi connectivity index (χ4v) is 2.62. The van der Waals surface area contributed by atoms with Crippen LogP contribution in [-0.2, 0) is 0 Å². The molecule has 3 heterocycles. The average molecular weight is 269 g/mol. The molecule has 0 spiro atoms. The van der Waals surface area contributed by atoms with Gasteiger partial charge in [0.1, 0.15) is 23.0 Å². The Morgan fingerprint density at radius 2 is 1.95 bits per heavy atom. The van der Waals surface area contributed by atoms with E-state index in [1.165, 1.54) is 0 Å². The van der Waals surface area contributed by atoms with E-state index in [4.69, 9.17) is 4.42 Å². The first-order valence-electron chi connectivity index (χ1n) is 6.68. The number of amides is 1. The molecule has 1 aliphatic rings. The van der Waals surface area contributed by atoms with E-state index in [2.05, 4.69) is 6.07 Å². The molecule has 0 bridgehead atoms. The molecule has 2 aromatic heterocycles. The summed E-state index contributed by atoms with van der Waals surface area (Å²) in [5, 5.41) is 9.41. The molecular weight excluding hydrogens is 254 g/mol. The molecule has 3 rings (SSSR count). The molecule has 0 aliphatic carbocycles. The third kappa shape index (κ3) is 1.90. The van der Waals surface area contributed by atoms with Gasteiger partial charge in [-0.05, 0) is 31.9 Å². The van der Waals surface area contributed by atoms with Gasteiger partial charge in [0.05, 0.1) is 0 Å². The van der Waals surface area contributed by atoms with Crippen LogP contribution in [0.15, 0.2) is 28.9 Å². The molecule has 1 aliphatic heterocycles. The van der Waals surface area contributed by atoms with Crippen molar-refractivity contribution < 1.29 is 9.21 Å². The first-order chi connectivity index (χ1) is 9.72. The first kappa shape index (κ1) is 12.5. The monoisotopic (exact) mass is 269 g/mol. The van der Waals surface area contributed by atoms with Gasteiger partial charge in [-0.2, -0.15) is 5.26 Å². The van der Waals surface area contributed by atoms with E-state index >= 15 is 0 Å². The molecule has 0 N–H and O–H groups in total. The number of carbonyl (C=O) groups is 1. The zero-order valence-corrected chi connectivity index (χ0v) is 11.3. The second-order valence-corrected chi connectivity index (χ2v) is 4.91. The van der Waals surface area contributed by atoms with Gasteiger partial charge in [0.2, 0.25) is 5.88 Å². The molecule has 0 saturated carbocycles. The Morgan fingerprint density at radius 3 is 2.55 bits per heavy atom. The maximum atomic E-state index is 12.5. The Morgan fingerprint density at radius 1 is 1.30 bits per heavy atom. The number of nitrogens with zero attached hydrogens (tertiary/aromatic N) is 3. The Kier molecular flexibility index (Phi) is 3.07. The number of likely N-dealkylation sites (tertiary alicyclic amines) is 1. The number of hydrogen-bond acceptors (Lipinski definition) is 3. The second-order valence-electron chi connectivity index (χ2n) is 4.91. The summed E-state index contributed by atoms with van der Waals surface area (Å²) >= 11 is 0. The summed E-state index contributed by atoms with van der Waals surface area (Å²) in [5.74, 6) is 0.818. The van der Waals surface area contributed by atoms with Crippen LogP contribution in [0.5, 0.6) is 0 Å². The van der Waals surface area contributed by atoms with E-state index in [0.29, 0.717) is 22.8 Å². The number of rotatable bonds is 2. The van der Waals surface area contributed by atoms with E-state index < -0.39 is 0 Å². The number of nitriles is 1. The Bertz CT molecular complexity index is 671. The molecule has 0 unspecified atom stereocenters. The minimum atomic E-state index is -0.0984. The lowest BCUT2D eigenvalue weighted by Crippen LogP contribution is -2.28. The highest BCUT2D eigenvalue weighted by Crippen LogP contribution is 2.27. The maximum absolute atomic E-state index is 12.5. The number of aromatic nitrogens is 1. The van der Waals surface area contributed by atoms with Gasteiger partial charge in [-0.25, -0.2) is 0 Å². The molecule has 5 nitrogen and oxygen atoms in total. The highest BCUT2D eigenvalue weighted by Gasteiger charge is 2.29. The minimum absolute atomic E-state index is 0.0984. The van der Waals surface area contributed by atoms with Crippen LogP contribution in [0, 0.1) is 18.3 Å². The van der Waals surface area contributed by atoms with Crippen LogP contribution in [0.1, 0.15) is 34.5 Å². The summed E-state index contributed by atoms with van der Waals surface area (Å²) in [4.78, 5) is 14.3. The van der Waals surface area contributed by atoms with Gasteiger partial charge < -0.3 is 9.32 Å². The van der Waals surface area contributed by atoms with E-state index in [1.54, 1.807) is 28.8 Å². The maximum Gasteiger partial charge on any atom is 0.258 e. The van der Waals surface area contributed by atoms with Crippen molar-refractivity contribution in [1.82, 2.24) is 9.47 Å². The van der Waals surface area contributed by atoms with Crippen LogP contribution in [0.2, 0.25) is 0 Å². The van der Waals surface area contributed by atoms with Crippen molar-refractivity contribution in [2.45, 2.75) is 19.8 Å². The highest BCUT2D eigenvalue weighted by molar-refractivity contribution is 5.98. The zero-order chi connectivity index (χ0) is 14.1. The standard InChI is InChI=1S/C15H15N3O2/c1-11-13(14(19)17-6-2-3-7-17)12(10-16)15(20-11)18-8-4-5-9-18/h4-5,8-9H,2-3,6-7H2,1H3. The summed E-state index contributed by atoms with van der Waals surface area (Å²) in [6, 6.07) is 5.81. The first-order valence-corrected chi connectivity index (χ1v) is 6.68. The van der Waals surface area contributed by atoms with Crippen molar-refractivity contribution in [3.05, 3.63) is 41.4 Å². The Hall–Kier alpha value is -2.48. The highest BCUT2D eigenvalue weighted by atomic mass is 16.4. The van der Waals surface area contributed by atoms with Gasteiger partial charge in [0.15, 0.2) is 0 Å². The van der Waals surface area contributed by atoms with Crippen LogP contribution < -0.4 is 0 Å².